The minimum absolute atomic E-state index is 0.0675. The molecule has 0 radical (unpaired) electrons. The summed E-state index contributed by atoms with van der Waals surface area (Å²) in [5.74, 6) is -2.99. The van der Waals surface area contributed by atoms with E-state index < -0.39 is 23.9 Å². The van der Waals surface area contributed by atoms with E-state index in [4.69, 9.17) is 10.2 Å². The summed E-state index contributed by atoms with van der Waals surface area (Å²) in [5, 5.41) is 20.4. The van der Waals surface area contributed by atoms with E-state index in [9.17, 15) is 14.4 Å². The lowest BCUT2D eigenvalue weighted by molar-refractivity contribution is -0.142. The van der Waals surface area contributed by atoms with Gasteiger partial charge < -0.3 is 20.5 Å². The van der Waals surface area contributed by atoms with Crippen molar-refractivity contribution in [3.8, 4) is 0 Å². The molecule has 0 saturated carbocycles. The molecular weight excluding hydrogens is 326 g/mol. The fourth-order valence-corrected chi connectivity index (χ4v) is 2.51. The summed E-state index contributed by atoms with van der Waals surface area (Å²) in [7, 11) is 0. The number of hydrogen-bond acceptors (Lipinski definition) is 7. The number of aliphatic carboxylic acids is 2. The van der Waals surface area contributed by atoms with E-state index in [0.29, 0.717) is 16.2 Å². The highest BCUT2D eigenvalue weighted by Gasteiger charge is 2.21. The van der Waals surface area contributed by atoms with Gasteiger partial charge in [0.1, 0.15) is 22.9 Å². The Hall–Kier alpha value is -2.69. The number of nitrogens with zero attached hydrogens (tertiary/aromatic N) is 3. The summed E-state index contributed by atoms with van der Waals surface area (Å²) >= 11 is 1.10. The van der Waals surface area contributed by atoms with Crippen LogP contribution in [0.15, 0.2) is 17.7 Å². The Kier molecular flexibility index (Phi) is 5.46. The van der Waals surface area contributed by atoms with Gasteiger partial charge in [-0.1, -0.05) is 11.8 Å². The van der Waals surface area contributed by atoms with Crippen molar-refractivity contribution in [2.24, 2.45) is 0 Å². The molecule has 0 aliphatic rings. The molecule has 10 nitrogen and oxygen atoms in total. The maximum atomic E-state index is 11.8. The molecule has 0 unspecified atom stereocenters. The van der Waals surface area contributed by atoms with Gasteiger partial charge in [-0.25, -0.2) is 19.7 Å². The number of aromatic amines is 1. The van der Waals surface area contributed by atoms with E-state index in [1.54, 1.807) is 0 Å². The van der Waals surface area contributed by atoms with Crippen molar-refractivity contribution in [1.82, 2.24) is 25.3 Å². The molecule has 0 saturated heterocycles. The third-order valence-electron chi connectivity index (χ3n) is 2.81. The highest BCUT2D eigenvalue weighted by Crippen LogP contribution is 2.21. The van der Waals surface area contributed by atoms with Gasteiger partial charge in [-0.15, -0.1) is 0 Å². The standard InChI is InChI=1S/C12H13N5O5S/c18-7(17-6(12(21)22)1-2-8(19)20)3-23-11-9-10(14-4-13-9)15-5-16-11/h4-6H,1-3H2,(H,17,18)(H,19,20)(H,21,22)(H,13,14,15,16)/t6-/m0/s1. The SMILES string of the molecule is O=C(O)CC[C@H](NC(=O)CSc1ncnc2nc[nH]c12)C(=O)O. The first-order valence-corrected chi connectivity index (χ1v) is 7.46. The molecule has 0 aliphatic carbocycles. The van der Waals surface area contributed by atoms with Gasteiger partial charge in [0.05, 0.1) is 12.1 Å². The molecule has 4 N–H and O–H groups in total. The van der Waals surface area contributed by atoms with Crippen molar-refractivity contribution >= 4 is 40.8 Å². The Morgan fingerprint density at radius 3 is 2.74 bits per heavy atom. The van der Waals surface area contributed by atoms with Gasteiger partial charge in [0, 0.05) is 6.42 Å². The van der Waals surface area contributed by atoms with Gasteiger partial charge >= 0.3 is 11.9 Å². The van der Waals surface area contributed by atoms with Crippen LogP contribution in [0.3, 0.4) is 0 Å². The largest absolute Gasteiger partial charge is 0.481 e. The Bertz CT molecular complexity index is 733. The number of carboxylic acids is 2. The Morgan fingerprint density at radius 1 is 1.26 bits per heavy atom. The molecule has 0 aromatic carbocycles. The first-order chi connectivity index (χ1) is 11.0. The second-order valence-electron chi connectivity index (χ2n) is 4.46. The third kappa shape index (κ3) is 4.64. The predicted molar refractivity (Wildman–Crippen MR) is 78.8 cm³/mol. The number of nitrogens with one attached hydrogen (secondary N) is 2. The van der Waals surface area contributed by atoms with Crippen molar-refractivity contribution < 1.29 is 24.6 Å². The summed E-state index contributed by atoms with van der Waals surface area (Å²) in [6.45, 7) is 0. The fraction of sp³-hybridized carbons (Fsp3) is 0.333. The lowest BCUT2D eigenvalue weighted by Crippen LogP contribution is -2.41. The van der Waals surface area contributed by atoms with Crippen LogP contribution in [0.4, 0.5) is 0 Å². The normalized spacial score (nSPS) is 12.0. The minimum atomic E-state index is -1.28. The summed E-state index contributed by atoms with van der Waals surface area (Å²) in [4.78, 5) is 48.1. The quantitative estimate of drug-likeness (QED) is 0.380. The van der Waals surface area contributed by atoms with Crippen LogP contribution in [-0.2, 0) is 14.4 Å². The van der Waals surface area contributed by atoms with Gasteiger partial charge in [-0.3, -0.25) is 9.59 Å². The molecule has 2 aromatic rings. The second-order valence-corrected chi connectivity index (χ2v) is 5.42. The molecule has 0 fully saturated rings. The number of hydrogen-bond donors (Lipinski definition) is 4. The predicted octanol–water partition coefficient (Wildman–Crippen LogP) is -0.121. The zero-order valence-corrected chi connectivity index (χ0v) is 12.5. The maximum absolute atomic E-state index is 11.8. The van der Waals surface area contributed by atoms with Crippen molar-refractivity contribution in [3.63, 3.8) is 0 Å². The minimum Gasteiger partial charge on any atom is -0.481 e. The van der Waals surface area contributed by atoms with Gasteiger partial charge in [-0.2, -0.15) is 0 Å². The maximum Gasteiger partial charge on any atom is 0.326 e. The van der Waals surface area contributed by atoms with E-state index >= 15 is 0 Å². The summed E-state index contributed by atoms with van der Waals surface area (Å²) in [6.07, 6.45) is 2.25. The number of rotatable bonds is 8. The van der Waals surface area contributed by atoms with Crippen LogP contribution in [0.25, 0.3) is 11.2 Å². The first kappa shape index (κ1) is 16.7. The number of carbonyl (C=O) groups is 3. The molecular formula is C12H13N5O5S. The summed E-state index contributed by atoms with van der Waals surface area (Å²) in [5.41, 5.74) is 1.05. The van der Waals surface area contributed by atoms with Crippen molar-refractivity contribution in [3.05, 3.63) is 12.7 Å². The Morgan fingerprint density at radius 2 is 2.04 bits per heavy atom. The van der Waals surface area contributed by atoms with Crippen LogP contribution in [0, 0.1) is 0 Å². The fourth-order valence-electron chi connectivity index (χ4n) is 1.75. The number of thioether (sulfide) groups is 1. The Balaban J connectivity index is 1.92. The average Bonchev–Trinajstić information content (AvgIpc) is 2.97. The lowest BCUT2D eigenvalue weighted by Gasteiger charge is -2.13. The van der Waals surface area contributed by atoms with Crippen LogP contribution in [0.1, 0.15) is 12.8 Å². The van der Waals surface area contributed by atoms with E-state index in [1.807, 2.05) is 0 Å². The molecule has 0 bridgehead atoms. The van der Waals surface area contributed by atoms with Gasteiger partial charge in [0.25, 0.3) is 0 Å². The summed E-state index contributed by atoms with van der Waals surface area (Å²) in [6, 6.07) is -1.24. The van der Waals surface area contributed by atoms with Crippen molar-refractivity contribution in [2.45, 2.75) is 23.9 Å². The summed E-state index contributed by atoms with van der Waals surface area (Å²) < 4.78 is 0. The smallest absolute Gasteiger partial charge is 0.326 e. The number of carbonyl (C=O) groups excluding carboxylic acids is 1. The number of fused-ring (bicyclic) bond motifs is 1. The van der Waals surface area contributed by atoms with Crippen LogP contribution >= 0.6 is 11.8 Å². The number of aromatic nitrogens is 4. The molecule has 2 heterocycles. The molecule has 11 heteroatoms. The van der Waals surface area contributed by atoms with Crippen molar-refractivity contribution in [1.29, 1.82) is 0 Å². The van der Waals surface area contributed by atoms with Gasteiger partial charge in [0.15, 0.2) is 5.65 Å². The molecule has 1 amide bonds. The monoisotopic (exact) mass is 339 g/mol. The van der Waals surface area contributed by atoms with Crippen LogP contribution in [0.5, 0.6) is 0 Å². The topological polar surface area (TPSA) is 158 Å². The molecule has 0 aliphatic heterocycles. The van der Waals surface area contributed by atoms with Gasteiger partial charge in [-0.05, 0) is 6.42 Å². The number of amides is 1. The third-order valence-corrected chi connectivity index (χ3v) is 3.80. The molecule has 122 valence electrons. The van der Waals surface area contributed by atoms with Crippen LogP contribution < -0.4 is 5.32 Å². The first-order valence-electron chi connectivity index (χ1n) is 6.48. The van der Waals surface area contributed by atoms with Gasteiger partial charge in [0.2, 0.25) is 5.91 Å². The van der Waals surface area contributed by atoms with E-state index in [2.05, 4.69) is 25.3 Å². The number of imidazole rings is 1. The second kappa shape index (κ2) is 7.54. The number of H-pyrrole nitrogens is 1. The molecule has 1 atom stereocenters. The lowest BCUT2D eigenvalue weighted by atomic mass is 10.1. The highest BCUT2D eigenvalue weighted by atomic mass is 32.2. The molecule has 0 spiro atoms. The average molecular weight is 339 g/mol. The Labute approximate surface area is 133 Å². The van der Waals surface area contributed by atoms with E-state index in [-0.39, 0.29) is 18.6 Å². The zero-order valence-electron chi connectivity index (χ0n) is 11.7. The number of carboxylic acid groups (broad SMARTS) is 2. The molecule has 2 rings (SSSR count). The van der Waals surface area contributed by atoms with E-state index in [1.165, 1.54) is 12.7 Å². The van der Waals surface area contributed by atoms with Crippen LogP contribution in [-0.4, -0.2) is 59.8 Å². The highest BCUT2D eigenvalue weighted by molar-refractivity contribution is 8.00. The molecule has 2 aromatic heterocycles. The zero-order chi connectivity index (χ0) is 16.8. The van der Waals surface area contributed by atoms with Crippen LogP contribution in [0.2, 0.25) is 0 Å². The molecule has 23 heavy (non-hydrogen) atoms. The van der Waals surface area contributed by atoms with E-state index in [0.717, 1.165) is 11.8 Å². The van der Waals surface area contributed by atoms with Crippen molar-refractivity contribution in [2.75, 3.05) is 5.75 Å².